The molecule has 24 heavy (non-hydrogen) atoms. The van der Waals surface area contributed by atoms with Gasteiger partial charge in [-0.2, -0.15) is 8.61 Å². The molecular formula is C14H20N4O4S2. The van der Waals surface area contributed by atoms with Crippen LogP contribution in [0.3, 0.4) is 0 Å². The lowest BCUT2D eigenvalue weighted by atomic mass is 10.3. The van der Waals surface area contributed by atoms with Crippen LogP contribution in [-0.2, 0) is 20.0 Å². The van der Waals surface area contributed by atoms with Crippen LogP contribution < -0.4 is 0 Å². The summed E-state index contributed by atoms with van der Waals surface area (Å²) in [6.07, 6.45) is 2.06. The van der Waals surface area contributed by atoms with Gasteiger partial charge in [0.2, 0.25) is 20.0 Å². The molecule has 0 aliphatic carbocycles. The number of piperazine rings is 1. The van der Waals surface area contributed by atoms with Crippen molar-refractivity contribution in [2.45, 2.75) is 18.2 Å². The van der Waals surface area contributed by atoms with Gasteiger partial charge in [-0.05, 0) is 24.6 Å². The quantitative estimate of drug-likeness (QED) is 0.828. The number of hydrogen-bond acceptors (Lipinski definition) is 5. The lowest BCUT2D eigenvalue weighted by Crippen LogP contribution is -2.50. The van der Waals surface area contributed by atoms with Crippen LogP contribution in [0.1, 0.15) is 13.3 Å². The van der Waals surface area contributed by atoms with Gasteiger partial charge in [-0.1, -0.05) is 6.92 Å². The summed E-state index contributed by atoms with van der Waals surface area (Å²) in [5, 5.41) is 0. The molecule has 1 N–H and O–H groups in total. The van der Waals surface area contributed by atoms with Gasteiger partial charge in [0, 0.05) is 26.2 Å². The maximum Gasteiger partial charge on any atom is 0.243 e. The zero-order chi connectivity index (χ0) is 17.4. The maximum atomic E-state index is 12.8. The number of aromatic amines is 1. The average molecular weight is 372 g/mol. The molecule has 0 radical (unpaired) electrons. The second kappa shape index (κ2) is 6.43. The van der Waals surface area contributed by atoms with Crippen molar-refractivity contribution < 1.29 is 16.8 Å². The molecule has 132 valence electrons. The molecule has 1 fully saturated rings. The van der Waals surface area contributed by atoms with E-state index in [-0.39, 0.29) is 36.8 Å². The first kappa shape index (κ1) is 17.3. The van der Waals surface area contributed by atoms with Crippen LogP contribution in [0, 0.1) is 0 Å². The highest BCUT2D eigenvalue weighted by molar-refractivity contribution is 7.89. The predicted molar refractivity (Wildman–Crippen MR) is 90.5 cm³/mol. The average Bonchev–Trinajstić information content (AvgIpc) is 3.02. The van der Waals surface area contributed by atoms with Crippen molar-refractivity contribution >= 4 is 31.1 Å². The van der Waals surface area contributed by atoms with Crippen LogP contribution in [-0.4, -0.2) is 67.3 Å². The minimum atomic E-state index is -3.65. The van der Waals surface area contributed by atoms with Crippen LogP contribution in [0.4, 0.5) is 0 Å². The van der Waals surface area contributed by atoms with Gasteiger partial charge in [0.1, 0.15) is 0 Å². The Balaban J connectivity index is 1.77. The fourth-order valence-electron chi connectivity index (χ4n) is 2.80. The van der Waals surface area contributed by atoms with Gasteiger partial charge in [0.25, 0.3) is 0 Å². The number of aromatic nitrogens is 2. The van der Waals surface area contributed by atoms with E-state index in [9.17, 15) is 16.8 Å². The second-order valence-corrected chi connectivity index (χ2v) is 9.73. The van der Waals surface area contributed by atoms with Gasteiger partial charge in [0.05, 0.1) is 28.0 Å². The van der Waals surface area contributed by atoms with Crippen LogP contribution >= 0.6 is 0 Å². The first-order chi connectivity index (χ1) is 11.3. The van der Waals surface area contributed by atoms with Crippen molar-refractivity contribution in [1.29, 1.82) is 0 Å². The van der Waals surface area contributed by atoms with Crippen molar-refractivity contribution in [3.05, 3.63) is 24.5 Å². The number of hydrogen-bond donors (Lipinski definition) is 1. The lowest BCUT2D eigenvalue weighted by molar-refractivity contribution is 0.273. The topological polar surface area (TPSA) is 103 Å². The molecule has 10 heteroatoms. The fourth-order valence-corrected chi connectivity index (χ4v) is 5.74. The highest BCUT2D eigenvalue weighted by Gasteiger charge is 2.32. The highest BCUT2D eigenvalue weighted by Crippen LogP contribution is 2.21. The number of sulfonamides is 2. The molecule has 0 amide bonds. The molecule has 1 saturated heterocycles. The monoisotopic (exact) mass is 372 g/mol. The van der Waals surface area contributed by atoms with Gasteiger partial charge < -0.3 is 4.98 Å². The van der Waals surface area contributed by atoms with Gasteiger partial charge in [0.15, 0.2) is 0 Å². The van der Waals surface area contributed by atoms with E-state index in [4.69, 9.17) is 0 Å². The molecule has 0 saturated carbocycles. The second-order valence-electron chi connectivity index (χ2n) is 5.70. The summed E-state index contributed by atoms with van der Waals surface area (Å²) in [4.78, 5) is 7.15. The minimum absolute atomic E-state index is 0.0935. The summed E-state index contributed by atoms with van der Waals surface area (Å²) in [5.74, 6) is 0.0935. The van der Waals surface area contributed by atoms with E-state index in [1.807, 2.05) is 6.92 Å². The Hall–Kier alpha value is -1.49. The van der Waals surface area contributed by atoms with Gasteiger partial charge in [-0.25, -0.2) is 21.8 Å². The van der Waals surface area contributed by atoms with Crippen LogP contribution in [0.25, 0.3) is 11.0 Å². The van der Waals surface area contributed by atoms with Crippen LogP contribution in [0.5, 0.6) is 0 Å². The Labute approximate surface area is 141 Å². The standard InChI is InChI=1S/C14H20N4O4S2/c1-2-9-23(19,20)17-5-7-18(8-6-17)24(21,22)12-3-4-13-14(10-12)16-11-15-13/h3-4,10-11H,2,5-9H2,1H3,(H,15,16). The van der Waals surface area contributed by atoms with E-state index in [1.165, 1.54) is 21.0 Å². The molecule has 1 aliphatic rings. The highest BCUT2D eigenvalue weighted by atomic mass is 32.2. The van der Waals surface area contributed by atoms with Crippen molar-refractivity contribution in [3.8, 4) is 0 Å². The molecule has 0 spiro atoms. The molecule has 2 heterocycles. The SMILES string of the molecule is CCCS(=O)(=O)N1CCN(S(=O)(=O)c2ccc3nc[nH]c3c2)CC1. The third-order valence-electron chi connectivity index (χ3n) is 4.08. The third kappa shape index (κ3) is 3.18. The normalized spacial score (nSPS) is 18.2. The zero-order valence-corrected chi connectivity index (χ0v) is 15.0. The van der Waals surface area contributed by atoms with E-state index in [2.05, 4.69) is 9.97 Å². The Morgan fingerprint density at radius 3 is 2.42 bits per heavy atom. The van der Waals surface area contributed by atoms with E-state index >= 15 is 0 Å². The molecule has 2 aromatic rings. The first-order valence-electron chi connectivity index (χ1n) is 7.76. The summed E-state index contributed by atoms with van der Waals surface area (Å²) in [7, 11) is -6.94. The molecule has 0 bridgehead atoms. The number of H-pyrrole nitrogens is 1. The smallest absolute Gasteiger partial charge is 0.243 e. The van der Waals surface area contributed by atoms with E-state index < -0.39 is 20.0 Å². The number of nitrogens with zero attached hydrogens (tertiary/aromatic N) is 3. The summed E-state index contributed by atoms with van der Waals surface area (Å²) in [5.41, 5.74) is 1.35. The molecule has 8 nitrogen and oxygen atoms in total. The van der Waals surface area contributed by atoms with E-state index in [1.54, 1.807) is 12.1 Å². The van der Waals surface area contributed by atoms with Gasteiger partial charge in [-0.3, -0.25) is 0 Å². The summed E-state index contributed by atoms with van der Waals surface area (Å²) in [6.45, 7) is 2.50. The summed E-state index contributed by atoms with van der Waals surface area (Å²) < 4.78 is 52.4. The number of rotatable bonds is 5. The molecule has 1 aromatic carbocycles. The molecule has 1 aromatic heterocycles. The Morgan fingerprint density at radius 2 is 1.75 bits per heavy atom. The Kier molecular flexibility index (Phi) is 4.65. The molecule has 0 unspecified atom stereocenters. The van der Waals surface area contributed by atoms with Crippen LogP contribution in [0.15, 0.2) is 29.4 Å². The number of imidazole rings is 1. The third-order valence-corrected chi connectivity index (χ3v) is 8.05. The van der Waals surface area contributed by atoms with Crippen molar-refractivity contribution in [3.63, 3.8) is 0 Å². The molecular weight excluding hydrogens is 352 g/mol. The van der Waals surface area contributed by atoms with Crippen LogP contribution in [0.2, 0.25) is 0 Å². The fraction of sp³-hybridized carbons (Fsp3) is 0.500. The zero-order valence-electron chi connectivity index (χ0n) is 13.3. The van der Waals surface area contributed by atoms with E-state index in [0.717, 1.165) is 0 Å². The molecule has 1 aliphatic heterocycles. The molecule has 0 atom stereocenters. The maximum absolute atomic E-state index is 12.8. The Morgan fingerprint density at radius 1 is 1.08 bits per heavy atom. The minimum Gasteiger partial charge on any atom is -0.345 e. The largest absolute Gasteiger partial charge is 0.345 e. The predicted octanol–water partition coefficient (Wildman–Crippen LogP) is 0.609. The summed E-state index contributed by atoms with van der Waals surface area (Å²) >= 11 is 0. The first-order valence-corrected chi connectivity index (χ1v) is 10.8. The van der Waals surface area contributed by atoms with Crippen molar-refractivity contribution in [2.24, 2.45) is 0 Å². The number of nitrogens with one attached hydrogen (secondary N) is 1. The van der Waals surface area contributed by atoms with Crippen molar-refractivity contribution in [1.82, 2.24) is 18.6 Å². The Bertz CT molecular complexity index is 929. The summed E-state index contributed by atoms with van der Waals surface area (Å²) in [6, 6.07) is 4.73. The molecule has 3 rings (SSSR count). The number of benzene rings is 1. The lowest BCUT2D eigenvalue weighted by Gasteiger charge is -2.33. The van der Waals surface area contributed by atoms with Crippen molar-refractivity contribution in [2.75, 3.05) is 31.9 Å². The van der Waals surface area contributed by atoms with Gasteiger partial charge in [-0.15, -0.1) is 0 Å². The number of fused-ring (bicyclic) bond motifs is 1. The van der Waals surface area contributed by atoms with E-state index in [0.29, 0.717) is 17.5 Å². The van der Waals surface area contributed by atoms with Gasteiger partial charge >= 0.3 is 0 Å².